The SMILES string of the molecule is CC(C(=O)O)n1cc(CN)n(C2CCc3c(F)cc(F)cc3C2)c1=S. The van der Waals surface area contributed by atoms with E-state index in [2.05, 4.69) is 0 Å². The van der Waals surface area contributed by atoms with Gasteiger partial charge < -0.3 is 20.0 Å². The number of nitrogens with two attached hydrogens (primary N) is 1. The maximum Gasteiger partial charge on any atom is 0.326 e. The van der Waals surface area contributed by atoms with Gasteiger partial charge in [-0.25, -0.2) is 13.6 Å². The average Bonchev–Trinajstić information content (AvgIpc) is 2.89. The largest absolute Gasteiger partial charge is 0.480 e. The van der Waals surface area contributed by atoms with Gasteiger partial charge in [-0.1, -0.05) is 0 Å². The zero-order valence-corrected chi connectivity index (χ0v) is 14.5. The van der Waals surface area contributed by atoms with Gasteiger partial charge in [-0.2, -0.15) is 0 Å². The number of carboxylic acid groups (broad SMARTS) is 1. The van der Waals surface area contributed by atoms with Gasteiger partial charge in [0.15, 0.2) is 4.77 Å². The molecule has 1 aromatic heterocycles. The minimum Gasteiger partial charge on any atom is -0.480 e. The van der Waals surface area contributed by atoms with Crippen LogP contribution >= 0.6 is 12.2 Å². The molecule has 0 bridgehead atoms. The van der Waals surface area contributed by atoms with Crippen molar-refractivity contribution in [2.75, 3.05) is 0 Å². The molecule has 0 amide bonds. The number of fused-ring (bicyclic) bond motifs is 1. The number of carbonyl (C=O) groups is 1. The highest BCUT2D eigenvalue weighted by atomic mass is 32.1. The normalized spacial score (nSPS) is 18.0. The Morgan fingerprint density at radius 2 is 2.20 bits per heavy atom. The number of aromatic nitrogens is 2. The van der Waals surface area contributed by atoms with Gasteiger partial charge in [-0.05, 0) is 55.6 Å². The molecule has 8 heteroatoms. The summed E-state index contributed by atoms with van der Waals surface area (Å²) in [4.78, 5) is 11.3. The van der Waals surface area contributed by atoms with Crippen LogP contribution in [0.3, 0.4) is 0 Å². The van der Waals surface area contributed by atoms with Gasteiger partial charge in [0.1, 0.15) is 17.7 Å². The molecule has 0 radical (unpaired) electrons. The topological polar surface area (TPSA) is 73.2 Å². The smallest absolute Gasteiger partial charge is 0.326 e. The Hall–Kier alpha value is -2.06. The number of imidazole rings is 1. The van der Waals surface area contributed by atoms with Crippen LogP contribution in [0.1, 0.15) is 42.2 Å². The maximum atomic E-state index is 13.9. The lowest BCUT2D eigenvalue weighted by atomic mass is 9.87. The van der Waals surface area contributed by atoms with E-state index in [1.165, 1.54) is 10.6 Å². The molecule has 134 valence electrons. The summed E-state index contributed by atoms with van der Waals surface area (Å²) in [5.74, 6) is -2.11. The number of rotatable bonds is 4. The fraction of sp³-hybridized carbons (Fsp3) is 0.412. The van der Waals surface area contributed by atoms with E-state index in [4.69, 9.17) is 18.0 Å². The van der Waals surface area contributed by atoms with Gasteiger partial charge in [0.25, 0.3) is 0 Å². The molecule has 0 spiro atoms. The summed E-state index contributed by atoms with van der Waals surface area (Å²) in [6.07, 6.45) is 3.18. The van der Waals surface area contributed by atoms with E-state index in [-0.39, 0.29) is 12.6 Å². The fourth-order valence-corrected chi connectivity index (χ4v) is 3.95. The first-order valence-electron chi connectivity index (χ1n) is 8.05. The van der Waals surface area contributed by atoms with Crippen molar-refractivity contribution in [1.29, 1.82) is 0 Å². The van der Waals surface area contributed by atoms with E-state index in [1.807, 2.05) is 4.57 Å². The Labute approximate surface area is 148 Å². The van der Waals surface area contributed by atoms with Crippen LogP contribution in [0.5, 0.6) is 0 Å². The summed E-state index contributed by atoms with van der Waals surface area (Å²) >= 11 is 5.46. The molecule has 2 aromatic rings. The molecule has 0 saturated carbocycles. The summed E-state index contributed by atoms with van der Waals surface area (Å²) in [6.45, 7) is 1.74. The Balaban J connectivity index is 2.03. The van der Waals surface area contributed by atoms with E-state index in [1.54, 1.807) is 13.1 Å². The molecule has 3 rings (SSSR count). The third-order valence-electron chi connectivity index (χ3n) is 4.81. The molecular weight excluding hydrogens is 348 g/mol. The van der Waals surface area contributed by atoms with Crippen molar-refractivity contribution in [3.8, 4) is 0 Å². The molecule has 1 heterocycles. The van der Waals surface area contributed by atoms with Gasteiger partial charge in [-0.15, -0.1) is 0 Å². The number of nitrogens with zero attached hydrogens (tertiary/aromatic N) is 2. The summed E-state index contributed by atoms with van der Waals surface area (Å²) in [7, 11) is 0. The molecule has 1 aliphatic carbocycles. The molecular formula is C17H19F2N3O2S. The van der Waals surface area contributed by atoms with Crippen LogP contribution in [0, 0.1) is 16.4 Å². The Morgan fingerprint density at radius 3 is 2.84 bits per heavy atom. The Bertz CT molecular complexity index is 891. The number of carboxylic acids is 1. The zero-order valence-electron chi connectivity index (χ0n) is 13.7. The first-order valence-corrected chi connectivity index (χ1v) is 8.46. The Kier molecular flexibility index (Phi) is 4.75. The predicted octanol–water partition coefficient (Wildman–Crippen LogP) is 3.13. The minimum absolute atomic E-state index is 0.109. The monoisotopic (exact) mass is 367 g/mol. The van der Waals surface area contributed by atoms with Gasteiger partial charge in [0.05, 0.1) is 5.69 Å². The molecule has 1 aliphatic rings. The van der Waals surface area contributed by atoms with E-state index >= 15 is 0 Å². The van der Waals surface area contributed by atoms with Crippen LogP contribution in [-0.2, 0) is 24.2 Å². The zero-order chi connectivity index (χ0) is 18.3. The number of hydrogen-bond donors (Lipinski definition) is 2. The number of hydrogen-bond acceptors (Lipinski definition) is 3. The van der Waals surface area contributed by atoms with Gasteiger partial charge in [0, 0.05) is 24.8 Å². The summed E-state index contributed by atoms with van der Waals surface area (Å²) in [6, 6.07) is 1.33. The van der Waals surface area contributed by atoms with E-state index in [9.17, 15) is 18.7 Å². The first-order chi connectivity index (χ1) is 11.8. The molecule has 0 aliphatic heterocycles. The van der Waals surface area contributed by atoms with E-state index < -0.39 is 23.6 Å². The second-order valence-corrected chi connectivity index (χ2v) is 6.69. The van der Waals surface area contributed by atoms with E-state index in [0.717, 1.165) is 6.07 Å². The van der Waals surface area contributed by atoms with Crippen molar-refractivity contribution in [3.63, 3.8) is 0 Å². The summed E-state index contributed by atoms with van der Waals surface area (Å²) in [5.41, 5.74) is 7.68. The van der Waals surface area contributed by atoms with Crippen molar-refractivity contribution in [2.24, 2.45) is 5.73 Å². The maximum absolute atomic E-state index is 13.9. The van der Waals surface area contributed by atoms with Crippen molar-refractivity contribution in [2.45, 2.75) is 44.8 Å². The van der Waals surface area contributed by atoms with Gasteiger partial charge in [-0.3, -0.25) is 0 Å². The Morgan fingerprint density at radius 1 is 1.48 bits per heavy atom. The standard InChI is InChI=1S/C17H19F2N3O2S/c1-9(16(23)24)21-8-13(7-20)22(17(21)25)12-2-3-14-10(5-12)4-11(18)6-15(14)19/h4,6,8-9,12H,2-3,5,7,20H2,1H3,(H,23,24). The van der Waals surface area contributed by atoms with Gasteiger partial charge in [0.2, 0.25) is 0 Å². The highest BCUT2D eigenvalue weighted by Gasteiger charge is 2.27. The lowest BCUT2D eigenvalue weighted by Crippen LogP contribution is -2.23. The van der Waals surface area contributed by atoms with Crippen molar-refractivity contribution in [3.05, 3.63) is 51.6 Å². The number of aliphatic carboxylic acids is 1. The first kappa shape index (κ1) is 17.8. The highest BCUT2D eigenvalue weighted by Crippen LogP contribution is 2.33. The molecule has 2 unspecified atom stereocenters. The second-order valence-electron chi connectivity index (χ2n) is 6.32. The quantitative estimate of drug-likeness (QED) is 0.815. The lowest BCUT2D eigenvalue weighted by molar-refractivity contribution is -0.140. The van der Waals surface area contributed by atoms with Crippen molar-refractivity contribution >= 4 is 18.2 Å². The molecule has 3 N–H and O–H groups in total. The van der Waals surface area contributed by atoms with E-state index in [0.29, 0.717) is 40.9 Å². The average molecular weight is 367 g/mol. The third-order valence-corrected chi connectivity index (χ3v) is 5.22. The highest BCUT2D eigenvalue weighted by molar-refractivity contribution is 7.71. The molecule has 2 atom stereocenters. The van der Waals surface area contributed by atoms with Crippen molar-refractivity contribution < 1.29 is 18.7 Å². The second kappa shape index (κ2) is 6.68. The fourth-order valence-electron chi connectivity index (χ4n) is 3.47. The number of halogens is 2. The predicted molar refractivity (Wildman–Crippen MR) is 90.9 cm³/mol. The molecule has 0 saturated heterocycles. The van der Waals surface area contributed by atoms with Crippen LogP contribution in [0.4, 0.5) is 8.78 Å². The van der Waals surface area contributed by atoms with Crippen LogP contribution in [0.2, 0.25) is 0 Å². The lowest BCUT2D eigenvalue weighted by Gasteiger charge is -2.27. The minimum atomic E-state index is -0.991. The summed E-state index contributed by atoms with van der Waals surface area (Å²) in [5, 5.41) is 9.24. The van der Waals surface area contributed by atoms with Crippen molar-refractivity contribution in [1.82, 2.24) is 9.13 Å². The molecule has 1 aromatic carbocycles. The molecule has 5 nitrogen and oxygen atoms in total. The van der Waals surface area contributed by atoms with Crippen LogP contribution in [0.15, 0.2) is 18.3 Å². The molecule has 0 fully saturated rings. The van der Waals surface area contributed by atoms with Crippen LogP contribution in [-0.4, -0.2) is 20.2 Å². The molecule has 25 heavy (non-hydrogen) atoms. The van der Waals surface area contributed by atoms with Gasteiger partial charge >= 0.3 is 5.97 Å². The number of benzene rings is 1. The van der Waals surface area contributed by atoms with Crippen LogP contribution in [0.25, 0.3) is 0 Å². The third kappa shape index (κ3) is 3.11. The van der Waals surface area contributed by atoms with Crippen LogP contribution < -0.4 is 5.73 Å². The summed E-state index contributed by atoms with van der Waals surface area (Å²) < 4.78 is 31.2.